The quantitative estimate of drug-likeness (QED) is 0.927. The average Bonchev–Trinajstić information content (AvgIpc) is 2.69. The molecule has 5 heteroatoms. The van der Waals surface area contributed by atoms with E-state index in [0.29, 0.717) is 6.54 Å². The Kier molecular flexibility index (Phi) is 5.36. The number of hydrogen-bond donors (Lipinski definition) is 1. The molecule has 1 N–H and O–H groups in total. The summed E-state index contributed by atoms with van der Waals surface area (Å²) in [5, 5.41) is 12.2. The minimum Gasteiger partial charge on any atom is -0.361 e. The fourth-order valence-electron chi connectivity index (χ4n) is 2.37. The predicted molar refractivity (Wildman–Crippen MR) is 91.0 cm³/mol. The number of nitrogens with zero attached hydrogens (tertiary/aromatic N) is 2. The van der Waals surface area contributed by atoms with E-state index >= 15 is 0 Å². The molecule has 1 aliphatic rings. The Hall–Kier alpha value is -1.67. The first-order valence-electron chi connectivity index (χ1n) is 7.65. The third kappa shape index (κ3) is 3.75. The van der Waals surface area contributed by atoms with Gasteiger partial charge in [-0.05, 0) is 37.1 Å². The summed E-state index contributed by atoms with van der Waals surface area (Å²) in [7, 11) is 0. The SMILES string of the molecule is CC(C)[C@](C)(C#N)NC(=O)CN1CCCSc2ccccc21. The van der Waals surface area contributed by atoms with E-state index in [9.17, 15) is 10.1 Å². The molecule has 1 atom stereocenters. The number of amides is 1. The van der Waals surface area contributed by atoms with E-state index in [2.05, 4.69) is 28.4 Å². The van der Waals surface area contributed by atoms with Crippen molar-refractivity contribution in [2.24, 2.45) is 5.92 Å². The molecule has 22 heavy (non-hydrogen) atoms. The van der Waals surface area contributed by atoms with Gasteiger partial charge in [0.25, 0.3) is 0 Å². The first-order valence-corrected chi connectivity index (χ1v) is 8.64. The summed E-state index contributed by atoms with van der Waals surface area (Å²) in [4.78, 5) is 15.7. The number of hydrogen-bond acceptors (Lipinski definition) is 4. The maximum absolute atomic E-state index is 12.4. The summed E-state index contributed by atoms with van der Waals surface area (Å²) in [6, 6.07) is 10.4. The lowest BCUT2D eigenvalue weighted by molar-refractivity contribution is -0.121. The van der Waals surface area contributed by atoms with E-state index in [1.54, 1.807) is 6.92 Å². The van der Waals surface area contributed by atoms with Gasteiger partial charge in [0, 0.05) is 11.4 Å². The molecule has 0 aliphatic carbocycles. The van der Waals surface area contributed by atoms with Crippen molar-refractivity contribution in [3.63, 3.8) is 0 Å². The number of anilines is 1. The van der Waals surface area contributed by atoms with Crippen molar-refractivity contribution < 1.29 is 4.79 Å². The number of carbonyl (C=O) groups excluding carboxylic acids is 1. The minimum absolute atomic E-state index is 0.0634. The number of thioether (sulfide) groups is 1. The summed E-state index contributed by atoms with van der Waals surface area (Å²) < 4.78 is 0. The number of rotatable bonds is 4. The maximum Gasteiger partial charge on any atom is 0.240 e. The molecular weight excluding hydrogens is 294 g/mol. The fourth-order valence-corrected chi connectivity index (χ4v) is 3.38. The van der Waals surface area contributed by atoms with Crippen LogP contribution in [-0.4, -0.2) is 30.3 Å². The smallest absolute Gasteiger partial charge is 0.240 e. The molecule has 1 aromatic rings. The highest BCUT2D eigenvalue weighted by molar-refractivity contribution is 7.99. The fraction of sp³-hybridized carbons (Fsp3) is 0.529. The maximum atomic E-state index is 12.4. The van der Waals surface area contributed by atoms with Crippen molar-refractivity contribution in [3.05, 3.63) is 24.3 Å². The van der Waals surface area contributed by atoms with Gasteiger partial charge in [0.05, 0.1) is 18.3 Å². The minimum atomic E-state index is -0.822. The van der Waals surface area contributed by atoms with Gasteiger partial charge in [-0.3, -0.25) is 4.79 Å². The van der Waals surface area contributed by atoms with Crippen LogP contribution in [0.25, 0.3) is 0 Å². The van der Waals surface area contributed by atoms with E-state index in [-0.39, 0.29) is 11.8 Å². The number of benzene rings is 1. The highest BCUT2D eigenvalue weighted by Gasteiger charge is 2.30. The average molecular weight is 317 g/mol. The van der Waals surface area contributed by atoms with Crippen molar-refractivity contribution in [3.8, 4) is 6.07 Å². The Morgan fingerprint density at radius 3 is 2.91 bits per heavy atom. The molecule has 1 aliphatic heterocycles. The lowest BCUT2D eigenvalue weighted by Gasteiger charge is -2.30. The normalized spacial score (nSPS) is 17.1. The zero-order valence-corrected chi connectivity index (χ0v) is 14.2. The third-order valence-corrected chi connectivity index (χ3v) is 5.31. The molecular formula is C17H23N3OS. The van der Waals surface area contributed by atoms with Crippen LogP contribution in [0.15, 0.2) is 29.2 Å². The number of para-hydroxylation sites is 1. The Balaban J connectivity index is 2.10. The van der Waals surface area contributed by atoms with Gasteiger partial charge in [0.15, 0.2) is 0 Å². The number of carbonyl (C=O) groups is 1. The summed E-state index contributed by atoms with van der Waals surface area (Å²) in [5.74, 6) is 1.03. The van der Waals surface area contributed by atoms with Crippen LogP contribution < -0.4 is 10.2 Å². The molecule has 0 saturated heterocycles. The molecule has 2 rings (SSSR count). The van der Waals surface area contributed by atoms with Gasteiger partial charge in [-0.1, -0.05) is 26.0 Å². The highest BCUT2D eigenvalue weighted by Crippen LogP contribution is 2.33. The Bertz CT molecular complexity index is 582. The van der Waals surface area contributed by atoms with Crippen molar-refractivity contribution in [2.45, 2.75) is 37.6 Å². The van der Waals surface area contributed by atoms with Crippen molar-refractivity contribution in [1.82, 2.24) is 5.32 Å². The van der Waals surface area contributed by atoms with Crippen LogP contribution in [-0.2, 0) is 4.79 Å². The second-order valence-electron chi connectivity index (χ2n) is 6.11. The molecule has 1 amide bonds. The molecule has 0 bridgehead atoms. The molecule has 0 radical (unpaired) electrons. The molecule has 4 nitrogen and oxygen atoms in total. The Morgan fingerprint density at radius 1 is 1.50 bits per heavy atom. The van der Waals surface area contributed by atoms with Gasteiger partial charge < -0.3 is 10.2 Å². The van der Waals surface area contributed by atoms with Crippen molar-refractivity contribution in [1.29, 1.82) is 5.26 Å². The molecule has 0 unspecified atom stereocenters. The second-order valence-corrected chi connectivity index (χ2v) is 7.25. The standard InChI is InChI=1S/C17H23N3OS/c1-13(2)17(3,12-18)19-16(21)11-20-9-6-10-22-15-8-5-4-7-14(15)20/h4-5,7-8,13H,6,9-11H2,1-3H3,(H,19,21)/t17-/m0/s1. The predicted octanol–water partition coefficient (Wildman–Crippen LogP) is 3.04. The molecule has 0 saturated carbocycles. The van der Waals surface area contributed by atoms with E-state index in [1.165, 1.54) is 4.90 Å². The summed E-state index contributed by atoms with van der Waals surface area (Å²) in [5.41, 5.74) is 0.292. The third-order valence-electron chi connectivity index (χ3n) is 4.16. The van der Waals surface area contributed by atoms with E-state index in [4.69, 9.17) is 0 Å². The van der Waals surface area contributed by atoms with E-state index < -0.39 is 5.54 Å². The molecule has 1 heterocycles. The van der Waals surface area contributed by atoms with Crippen LogP contribution >= 0.6 is 11.8 Å². The lowest BCUT2D eigenvalue weighted by Crippen LogP contribution is -2.52. The van der Waals surface area contributed by atoms with Crippen LogP contribution in [0, 0.1) is 17.2 Å². The largest absolute Gasteiger partial charge is 0.361 e. The number of fused-ring (bicyclic) bond motifs is 1. The number of nitrogens with one attached hydrogen (secondary N) is 1. The van der Waals surface area contributed by atoms with Crippen molar-refractivity contribution >= 4 is 23.4 Å². The summed E-state index contributed by atoms with van der Waals surface area (Å²) >= 11 is 1.84. The van der Waals surface area contributed by atoms with Gasteiger partial charge in [-0.15, -0.1) is 11.8 Å². The van der Waals surface area contributed by atoms with E-state index in [1.807, 2.05) is 37.7 Å². The molecule has 0 aromatic heterocycles. The van der Waals surface area contributed by atoms with Gasteiger partial charge in [-0.2, -0.15) is 5.26 Å². The Morgan fingerprint density at radius 2 is 2.23 bits per heavy atom. The van der Waals surface area contributed by atoms with Crippen molar-refractivity contribution in [2.75, 3.05) is 23.7 Å². The zero-order valence-electron chi connectivity index (χ0n) is 13.4. The van der Waals surface area contributed by atoms with Gasteiger partial charge in [0.2, 0.25) is 5.91 Å². The molecule has 0 spiro atoms. The lowest BCUT2D eigenvalue weighted by atomic mass is 9.90. The molecule has 0 fully saturated rings. The summed E-state index contributed by atoms with van der Waals surface area (Å²) in [6.07, 6.45) is 1.05. The zero-order chi connectivity index (χ0) is 16.2. The first-order chi connectivity index (χ1) is 10.5. The van der Waals surface area contributed by atoms with Crippen LogP contribution in [0.3, 0.4) is 0 Å². The van der Waals surface area contributed by atoms with Crippen LogP contribution in [0.1, 0.15) is 27.2 Å². The molecule has 1 aromatic carbocycles. The van der Waals surface area contributed by atoms with Crippen LogP contribution in [0.4, 0.5) is 5.69 Å². The monoisotopic (exact) mass is 317 g/mol. The van der Waals surface area contributed by atoms with Gasteiger partial charge in [0.1, 0.15) is 5.54 Å². The topological polar surface area (TPSA) is 56.1 Å². The molecule has 118 valence electrons. The number of nitriles is 1. The highest BCUT2D eigenvalue weighted by atomic mass is 32.2. The van der Waals surface area contributed by atoms with E-state index in [0.717, 1.165) is 24.4 Å². The second kappa shape index (κ2) is 7.06. The summed E-state index contributed by atoms with van der Waals surface area (Å²) in [6.45, 7) is 6.83. The van der Waals surface area contributed by atoms with Gasteiger partial charge in [-0.25, -0.2) is 0 Å². The first kappa shape index (κ1) is 16.7. The Labute approximate surface area is 136 Å². The van der Waals surface area contributed by atoms with Crippen LogP contribution in [0.5, 0.6) is 0 Å². The van der Waals surface area contributed by atoms with Gasteiger partial charge >= 0.3 is 0 Å². The van der Waals surface area contributed by atoms with Crippen LogP contribution in [0.2, 0.25) is 0 Å².